The molecule has 2 heterocycles. The van der Waals surface area contributed by atoms with Crippen molar-refractivity contribution in [1.29, 1.82) is 0 Å². The molecule has 0 aromatic carbocycles. The molecule has 2 aromatic rings. The molecule has 19 heavy (non-hydrogen) atoms. The highest BCUT2D eigenvalue weighted by Crippen LogP contribution is 2.21. The van der Waals surface area contributed by atoms with E-state index in [0.717, 1.165) is 41.3 Å². The van der Waals surface area contributed by atoms with Gasteiger partial charge in [0.05, 0.1) is 5.69 Å². The van der Waals surface area contributed by atoms with Crippen LogP contribution in [-0.2, 0) is 7.05 Å². The molecule has 0 radical (unpaired) electrons. The second kappa shape index (κ2) is 5.46. The van der Waals surface area contributed by atoms with Crippen molar-refractivity contribution in [2.75, 3.05) is 19.6 Å². The van der Waals surface area contributed by atoms with E-state index >= 15 is 0 Å². The van der Waals surface area contributed by atoms with Crippen molar-refractivity contribution in [3.05, 3.63) is 10.5 Å². The molecular formula is C13H23N5S. The fraction of sp³-hybridized carbons (Fsp3) is 0.692. The van der Waals surface area contributed by atoms with Crippen LogP contribution >= 0.6 is 12.2 Å². The lowest BCUT2D eigenvalue weighted by molar-refractivity contribution is 0.261. The van der Waals surface area contributed by atoms with Gasteiger partial charge in [0.25, 0.3) is 0 Å². The van der Waals surface area contributed by atoms with Crippen LogP contribution in [0.3, 0.4) is 0 Å². The van der Waals surface area contributed by atoms with E-state index in [-0.39, 0.29) is 0 Å². The molecule has 0 bridgehead atoms. The summed E-state index contributed by atoms with van der Waals surface area (Å²) in [6.45, 7) is 11.7. The number of imidazole rings is 1. The zero-order chi connectivity index (χ0) is 14.2. The quantitative estimate of drug-likeness (QED) is 0.857. The van der Waals surface area contributed by atoms with E-state index in [4.69, 9.17) is 12.2 Å². The number of aromatic amines is 1. The smallest absolute Gasteiger partial charge is 0.179 e. The van der Waals surface area contributed by atoms with E-state index < -0.39 is 0 Å². The van der Waals surface area contributed by atoms with Gasteiger partial charge in [-0.3, -0.25) is 9.25 Å². The van der Waals surface area contributed by atoms with Crippen molar-refractivity contribution in [3.63, 3.8) is 0 Å². The Morgan fingerprint density at radius 2 is 2.00 bits per heavy atom. The summed E-state index contributed by atoms with van der Waals surface area (Å²) in [4.78, 5) is 5.69. The van der Waals surface area contributed by atoms with Crippen molar-refractivity contribution >= 4 is 23.4 Å². The number of aromatic nitrogens is 4. The third-order valence-electron chi connectivity index (χ3n) is 3.73. The van der Waals surface area contributed by atoms with Gasteiger partial charge in [0, 0.05) is 19.6 Å². The van der Waals surface area contributed by atoms with Crippen molar-refractivity contribution in [2.24, 2.45) is 7.05 Å². The maximum Gasteiger partial charge on any atom is 0.179 e. The Balaban J connectivity index is 2.44. The summed E-state index contributed by atoms with van der Waals surface area (Å²) >= 11 is 5.48. The van der Waals surface area contributed by atoms with Crippen LogP contribution in [0.25, 0.3) is 11.2 Å². The number of nitrogens with one attached hydrogen (secondary N) is 1. The topological polar surface area (TPSA) is 41.8 Å². The van der Waals surface area contributed by atoms with E-state index in [2.05, 4.69) is 40.3 Å². The Morgan fingerprint density at radius 1 is 1.37 bits per heavy atom. The Morgan fingerprint density at radius 3 is 2.58 bits per heavy atom. The zero-order valence-electron chi connectivity index (χ0n) is 12.4. The molecule has 0 spiro atoms. The van der Waals surface area contributed by atoms with Crippen molar-refractivity contribution in [1.82, 2.24) is 24.2 Å². The summed E-state index contributed by atoms with van der Waals surface area (Å²) < 4.78 is 4.88. The summed E-state index contributed by atoms with van der Waals surface area (Å²) in [7, 11) is 1.97. The highest BCUT2D eigenvalue weighted by Gasteiger charge is 2.18. The molecule has 1 N–H and O–H groups in total. The minimum Gasteiger partial charge on any atom is -0.328 e. The van der Waals surface area contributed by atoms with Gasteiger partial charge in [-0.05, 0) is 39.2 Å². The molecule has 2 aromatic heterocycles. The highest BCUT2D eigenvalue weighted by atomic mass is 32.1. The van der Waals surface area contributed by atoms with Crippen LogP contribution < -0.4 is 0 Å². The SMILES string of the molecule is CCN(CC)CC(C)n1c(=S)[nH]c2c(C)nn(C)c21. The van der Waals surface area contributed by atoms with Crippen LogP contribution in [0.15, 0.2) is 0 Å². The first-order chi connectivity index (χ1) is 8.99. The first-order valence-corrected chi connectivity index (χ1v) is 7.26. The minimum atomic E-state index is 0.330. The van der Waals surface area contributed by atoms with Gasteiger partial charge in [0.15, 0.2) is 10.4 Å². The fourth-order valence-electron chi connectivity index (χ4n) is 2.68. The molecule has 0 aliphatic carbocycles. The van der Waals surface area contributed by atoms with Gasteiger partial charge in [-0.15, -0.1) is 0 Å². The third kappa shape index (κ3) is 2.47. The first kappa shape index (κ1) is 14.3. The van der Waals surface area contributed by atoms with Gasteiger partial charge < -0.3 is 9.88 Å². The zero-order valence-corrected chi connectivity index (χ0v) is 13.2. The summed E-state index contributed by atoms with van der Waals surface area (Å²) in [5.41, 5.74) is 3.14. The van der Waals surface area contributed by atoms with Crippen LogP contribution in [0.4, 0.5) is 0 Å². The lowest BCUT2D eigenvalue weighted by Gasteiger charge is -2.23. The van der Waals surface area contributed by atoms with Gasteiger partial charge in [-0.1, -0.05) is 13.8 Å². The van der Waals surface area contributed by atoms with Crippen LogP contribution in [0.1, 0.15) is 32.5 Å². The number of rotatable bonds is 5. The van der Waals surface area contributed by atoms with Crippen LogP contribution in [-0.4, -0.2) is 43.9 Å². The summed E-state index contributed by atoms with van der Waals surface area (Å²) in [5, 5.41) is 4.46. The van der Waals surface area contributed by atoms with Crippen molar-refractivity contribution in [2.45, 2.75) is 33.7 Å². The van der Waals surface area contributed by atoms with E-state index in [1.165, 1.54) is 0 Å². The number of aryl methyl sites for hydroxylation is 2. The Kier molecular flexibility index (Phi) is 4.10. The normalized spacial score (nSPS) is 13.6. The second-order valence-electron chi connectivity index (χ2n) is 5.04. The van der Waals surface area contributed by atoms with E-state index in [1.54, 1.807) is 0 Å². The largest absolute Gasteiger partial charge is 0.328 e. The molecule has 0 aliphatic heterocycles. The Bertz CT molecular complexity index is 617. The predicted molar refractivity (Wildman–Crippen MR) is 81.1 cm³/mol. The summed E-state index contributed by atoms with van der Waals surface area (Å²) in [6, 6.07) is 0.330. The van der Waals surface area contributed by atoms with Gasteiger partial charge in [0.1, 0.15) is 5.52 Å². The first-order valence-electron chi connectivity index (χ1n) is 6.85. The van der Waals surface area contributed by atoms with Crippen LogP contribution in [0, 0.1) is 11.7 Å². The van der Waals surface area contributed by atoms with E-state index in [0.29, 0.717) is 6.04 Å². The second-order valence-corrected chi connectivity index (χ2v) is 5.43. The van der Waals surface area contributed by atoms with Crippen LogP contribution in [0.2, 0.25) is 0 Å². The number of nitrogens with zero attached hydrogens (tertiary/aromatic N) is 4. The molecule has 1 unspecified atom stereocenters. The lowest BCUT2D eigenvalue weighted by Crippen LogP contribution is -2.29. The maximum absolute atomic E-state index is 5.48. The molecule has 0 aliphatic rings. The molecule has 0 saturated carbocycles. The molecule has 2 rings (SSSR count). The average Bonchev–Trinajstić information content (AvgIpc) is 2.84. The average molecular weight is 281 g/mol. The molecule has 106 valence electrons. The standard InChI is InChI=1S/C13H23N5S/c1-6-17(7-2)8-9(3)18-12-11(14-13(18)19)10(4)15-16(12)5/h9H,6-8H2,1-5H3,(H,14,19). The molecule has 5 nitrogen and oxygen atoms in total. The minimum absolute atomic E-state index is 0.330. The molecule has 0 amide bonds. The summed E-state index contributed by atoms with van der Waals surface area (Å²) in [5.74, 6) is 0. The Labute approximate surface area is 119 Å². The van der Waals surface area contributed by atoms with Crippen LogP contribution in [0.5, 0.6) is 0 Å². The van der Waals surface area contributed by atoms with Gasteiger partial charge in [-0.25, -0.2) is 0 Å². The molecule has 0 saturated heterocycles. The highest BCUT2D eigenvalue weighted by molar-refractivity contribution is 7.71. The van der Waals surface area contributed by atoms with Gasteiger partial charge in [0.2, 0.25) is 0 Å². The monoisotopic (exact) mass is 281 g/mol. The molecular weight excluding hydrogens is 258 g/mol. The number of hydrogen-bond acceptors (Lipinski definition) is 3. The molecule has 1 atom stereocenters. The van der Waals surface area contributed by atoms with Crippen molar-refractivity contribution in [3.8, 4) is 0 Å². The van der Waals surface area contributed by atoms with E-state index in [9.17, 15) is 0 Å². The fourth-order valence-corrected chi connectivity index (χ4v) is 3.05. The lowest BCUT2D eigenvalue weighted by atomic mass is 10.3. The van der Waals surface area contributed by atoms with Crippen molar-refractivity contribution < 1.29 is 0 Å². The number of H-pyrrole nitrogens is 1. The van der Waals surface area contributed by atoms with Gasteiger partial charge in [-0.2, -0.15) is 5.10 Å². The predicted octanol–water partition coefficient (Wildman–Crippen LogP) is 2.64. The number of hydrogen-bond donors (Lipinski definition) is 1. The third-order valence-corrected chi connectivity index (χ3v) is 4.03. The Hall–Kier alpha value is -1.14. The molecule has 0 fully saturated rings. The molecule has 6 heteroatoms. The summed E-state index contributed by atoms with van der Waals surface area (Å²) in [6.07, 6.45) is 0. The van der Waals surface area contributed by atoms with E-state index in [1.807, 2.05) is 18.7 Å². The number of fused-ring (bicyclic) bond motifs is 1. The maximum atomic E-state index is 5.48. The van der Waals surface area contributed by atoms with Gasteiger partial charge >= 0.3 is 0 Å². The number of likely N-dealkylation sites (N-methyl/N-ethyl adjacent to an activating group) is 1.